The third-order valence-corrected chi connectivity index (χ3v) is 5.37. The van der Waals surface area contributed by atoms with Gasteiger partial charge in [-0.3, -0.25) is 9.30 Å². The first-order valence-electron chi connectivity index (χ1n) is 8.95. The van der Waals surface area contributed by atoms with Gasteiger partial charge in [-0.15, -0.1) is 10.2 Å². The minimum atomic E-state index is 0.497. The topological polar surface area (TPSA) is 49.2 Å². The lowest BCUT2D eigenvalue weighted by atomic mass is 9.95. The van der Waals surface area contributed by atoms with Gasteiger partial charge in [0.15, 0.2) is 5.65 Å². The van der Waals surface area contributed by atoms with E-state index in [0.29, 0.717) is 5.92 Å². The standard InChI is InChI=1S/C20H21N5/c1-2-11-25-19(6-1)22-23-20(25)15-8-12-24(13-9-15)14-16-4-3-5-18-17(16)7-10-21-18/h1-7,10-11,15,21H,8-9,12-14H2. The molecule has 0 unspecified atom stereocenters. The van der Waals surface area contributed by atoms with Crippen molar-refractivity contribution in [3.63, 3.8) is 0 Å². The summed E-state index contributed by atoms with van der Waals surface area (Å²) in [6.07, 6.45) is 6.37. The number of fused-ring (bicyclic) bond motifs is 2. The quantitative estimate of drug-likeness (QED) is 0.624. The average molecular weight is 331 g/mol. The minimum Gasteiger partial charge on any atom is -0.361 e. The minimum absolute atomic E-state index is 0.497. The van der Waals surface area contributed by atoms with Crippen LogP contribution in [0.2, 0.25) is 0 Å². The van der Waals surface area contributed by atoms with Crippen LogP contribution in [0.5, 0.6) is 0 Å². The molecule has 1 saturated heterocycles. The third kappa shape index (κ3) is 2.61. The van der Waals surface area contributed by atoms with Crippen molar-refractivity contribution in [1.29, 1.82) is 0 Å². The number of aromatic amines is 1. The molecule has 5 rings (SSSR count). The molecule has 0 spiro atoms. The fourth-order valence-corrected chi connectivity index (χ4v) is 4.02. The van der Waals surface area contributed by atoms with Gasteiger partial charge in [-0.2, -0.15) is 0 Å². The molecule has 0 atom stereocenters. The van der Waals surface area contributed by atoms with Gasteiger partial charge in [0.2, 0.25) is 0 Å². The summed E-state index contributed by atoms with van der Waals surface area (Å²) < 4.78 is 2.14. The van der Waals surface area contributed by atoms with Crippen LogP contribution in [0.4, 0.5) is 0 Å². The van der Waals surface area contributed by atoms with Gasteiger partial charge in [0.05, 0.1) is 0 Å². The molecule has 4 aromatic rings. The van der Waals surface area contributed by atoms with Gasteiger partial charge >= 0.3 is 0 Å². The van der Waals surface area contributed by atoms with E-state index in [4.69, 9.17) is 0 Å². The SMILES string of the molecule is c1cc(CN2CCC(c3nnc4ccccn34)CC2)c2cc[nH]c2c1. The van der Waals surface area contributed by atoms with Crippen molar-refractivity contribution in [2.24, 2.45) is 0 Å². The number of pyridine rings is 1. The van der Waals surface area contributed by atoms with Crippen molar-refractivity contribution < 1.29 is 0 Å². The molecule has 126 valence electrons. The fraction of sp³-hybridized carbons (Fsp3) is 0.300. The number of hydrogen-bond donors (Lipinski definition) is 1. The van der Waals surface area contributed by atoms with Crippen LogP contribution >= 0.6 is 0 Å². The first-order valence-corrected chi connectivity index (χ1v) is 8.95. The molecular formula is C20H21N5. The predicted molar refractivity (Wildman–Crippen MR) is 98.5 cm³/mol. The summed E-state index contributed by atoms with van der Waals surface area (Å²) in [4.78, 5) is 5.86. The molecule has 1 aromatic carbocycles. The van der Waals surface area contributed by atoms with Crippen molar-refractivity contribution in [3.8, 4) is 0 Å². The largest absolute Gasteiger partial charge is 0.361 e. The van der Waals surface area contributed by atoms with Gasteiger partial charge in [0.25, 0.3) is 0 Å². The Morgan fingerprint density at radius 2 is 1.92 bits per heavy atom. The molecule has 1 aliphatic heterocycles. The van der Waals surface area contributed by atoms with Crippen molar-refractivity contribution >= 4 is 16.6 Å². The van der Waals surface area contributed by atoms with Crippen LogP contribution in [-0.4, -0.2) is 37.6 Å². The maximum Gasteiger partial charge on any atom is 0.160 e. The summed E-state index contributed by atoms with van der Waals surface area (Å²) in [5.74, 6) is 1.61. The van der Waals surface area contributed by atoms with Gasteiger partial charge < -0.3 is 4.98 Å². The zero-order valence-corrected chi connectivity index (χ0v) is 14.1. The van der Waals surface area contributed by atoms with Crippen molar-refractivity contribution in [2.75, 3.05) is 13.1 Å². The monoisotopic (exact) mass is 331 g/mol. The van der Waals surface area contributed by atoms with Crippen molar-refractivity contribution in [2.45, 2.75) is 25.3 Å². The zero-order chi connectivity index (χ0) is 16.6. The Morgan fingerprint density at radius 1 is 1.00 bits per heavy atom. The zero-order valence-electron chi connectivity index (χ0n) is 14.1. The maximum absolute atomic E-state index is 4.45. The second-order valence-corrected chi connectivity index (χ2v) is 6.89. The second kappa shape index (κ2) is 6.01. The Hall–Kier alpha value is -2.66. The van der Waals surface area contributed by atoms with E-state index in [1.807, 2.05) is 24.4 Å². The highest BCUT2D eigenvalue weighted by Gasteiger charge is 2.24. The molecule has 0 bridgehead atoms. The molecule has 5 nitrogen and oxygen atoms in total. The van der Waals surface area contributed by atoms with Gasteiger partial charge in [-0.25, -0.2) is 0 Å². The summed E-state index contributed by atoms with van der Waals surface area (Å²) in [6.45, 7) is 3.23. The Labute approximate surface area is 146 Å². The van der Waals surface area contributed by atoms with Crippen LogP contribution < -0.4 is 0 Å². The molecule has 4 heterocycles. The molecule has 1 N–H and O–H groups in total. The van der Waals surface area contributed by atoms with Gasteiger partial charge in [-0.1, -0.05) is 18.2 Å². The van der Waals surface area contributed by atoms with Crippen LogP contribution in [0.1, 0.15) is 30.1 Å². The first kappa shape index (κ1) is 14.7. The Bertz CT molecular complexity index is 1010. The Kier molecular flexibility index (Phi) is 3.52. The Morgan fingerprint density at radius 3 is 2.84 bits per heavy atom. The molecule has 1 aliphatic rings. The molecule has 0 aliphatic carbocycles. The summed E-state index contributed by atoms with van der Waals surface area (Å²) in [5, 5.41) is 10.1. The molecule has 0 saturated carbocycles. The van der Waals surface area contributed by atoms with E-state index in [-0.39, 0.29) is 0 Å². The number of nitrogens with one attached hydrogen (secondary N) is 1. The number of piperidine rings is 1. The van der Waals surface area contributed by atoms with Crippen molar-refractivity contribution in [1.82, 2.24) is 24.5 Å². The molecule has 0 amide bonds. The highest BCUT2D eigenvalue weighted by molar-refractivity contribution is 5.82. The van der Waals surface area contributed by atoms with E-state index < -0.39 is 0 Å². The lowest BCUT2D eigenvalue weighted by molar-refractivity contribution is 0.202. The summed E-state index contributed by atoms with van der Waals surface area (Å²) in [6, 6.07) is 14.8. The van der Waals surface area contributed by atoms with Crippen LogP contribution in [0.25, 0.3) is 16.6 Å². The Balaban J connectivity index is 1.31. The van der Waals surface area contributed by atoms with Gasteiger partial charge in [0.1, 0.15) is 5.82 Å². The molecule has 1 fully saturated rings. The summed E-state index contributed by atoms with van der Waals surface area (Å²) in [7, 11) is 0. The van der Waals surface area contributed by atoms with E-state index in [1.54, 1.807) is 0 Å². The van der Waals surface area contributed by atoms with Crippen LogP contribution in [0.15, 0.2) is 54.9 Å². The van der Waals surface area contributed by atoms with E-state index >= 15 is 0 Å². The van der Waals surface area contributed by atoms with E-state index in [1.165, 1.54) is 16.5 Å². The first-order chi connectivity index (χ1) is 12.4. The number of aromatic nitrogens is 4. The lowest BCUT2D eigenvalue weighted by Crippen LogP contribution is -2.33. The molecule has 25 heavy (non-hydrogen) atoms. The lowest BCUT2D eigenvalue weighted by Gasteiger charge is -2.31. The van der Waals surface area contributed by atoms with Crippen molar-refractivity contribution in [3.05, 3.63) is 66.2 Å². The number of nitrogens with zero attached hydrogens (tertiary/aromatic N) is 4. The van der Waals surface area contributed by atoms with Gasteiger partial charge in [0, 0.05) is 35.8 Å². The third-order valence-electron chi connectivity index (χ3n) is 5.37. The smallest absolute Gasteiger partial charge is 0.160 e. The average Bonchev–Trinajstić information content (AvgIpc) is 3.30. The summed E-state index contributed by atoms with van der Waals surface area (Å²) in [5.41, 5.74) is 3.58. The van der Waals surface area contributed by atoms with E-state index in [0.717, 1.165) is 43.9 Å². The normalized spacial score (nSPS) is 16.8. The predicted octanol–water partition coefficient (Wildman–Crippen LogP) is 3.59. The number of benzene rings is 1. The number of hydrogen-bond acceptors (Lipinski definition) is 3. The molecule has 0 radical (unpaired) electrons. The second-order valence-electron chi connectivity index (χ2n) is 6.89. The highest BCUT2D eigenvalue weighted by atomic mass is 15.2. The molecular weight excluding hydrogens is 310 g/mol. The number of rotatable bonds is 3. The van der Waals surface area contributed by atoms with Crippen LogP contribution in [0.3, 0.4) is 0 Å². The van der Waals surface area contributed by atoms with Crippen LogP contribution in [0, 0.1) is 0 Å². The fourth-order valence-electron chi connectivity index (χ4n) is 4.02. The maximum atomic E-state index is 4.45. The number of H-pyrrole nitrogens is 1. The number of likely N-dealkylation sites (tertiary alicyclic amines) is 1. The van der Waals surface area contributed by atoms with E-state index in [2.05, 4.69) is 54.9 Å². The molecule has 5 heteroatoms. The van der Waals surface area contributed by atoms with Crippen LogP contribution in [-0.2, 0) is 6.54 Å². The summed E-state index contributed by atoms with van der Waals surface area (Å²) >= 11 is 0. The highest BCUT2D eigenvalue weighted by Crippen LogP contribution is 2.28. The molecule has 3 aromatic heterocycles. The van der Waals surface area contributed by atoms with Gasteiger partial charge in [-0.05, 0) is 55.8 Å². The van der Waals surface area contributed by atoms with E-state index in [9.17, 15) is 0 Å².